The third kappa shape index (κ3) is 6.85. The van der Waals surface area contributed by atoms with Gasteiger partial charge in [0.15, 0.2) is 0 Å². The Hall–Kier alpha value is -2.82. The second-order valence-electron chi connectivity index (χ2n) is 7.88. The monoisotopic (exact) mass is 576 g/mol. The van der Waals surface area contributed by atoms with Crippen LogP contribution in [0.3, 0.4) is 0 Å². The molecule has 0 saturated heterocycles. The first-order valence-electron chi connectivity index (χ1n) is 11.2. The molecule has 0 aliphatic heterocycles. The summed E-state index contributed by atoms with van der Waals surface area (Å²) in [6.45, 7) is 1.08. The number of rotatable bonds is 10. The Kier molecular flexibility index (Phi) is 9.00. The van der Waals surface area contributed by atoms with E-state index in [1.165, 1.54) is 0 Å². The number of para-hydroxylation sites is 2. The second kappa shape index (κ2) is 12.6. The van der Waals surface area contributed by atoms with E-state index in [0.717, 1.165) is 55.5 Å². The van der Waals surface area contributed by atoms with Crippen molar-refractivity contribution in [1.29, 1.82) is 0 Å². The van der Waals surface area contributed by atoms with E-state index in [-0.39, 0.29) is 0 Å². The van der Waals surface area contributed by atoms with Crippen LogP contribution in [0.2, 0.25) is 0 Å². The van der Waals surface area contributed by atoms with E-state index in [4.69, 9.17) is 9.47 Å². The molecule has 0 unspecified atom stereocenters. The largest absolute Gasteiger partial charge is 0.487 e. The van der Waals surface area contributed by atoms with E-state index < -0.39 is 0 Å². The summed E-state index contributed by atoms with van der Waals surface area (Å²) >= 11 is 7.30. The summed E-state index contributed by atoms with van der Waals surface area (Å²) in [4.78, 5) is 0. The minimum atomic E-state index is 0.542. The van der Waals surface area contributed by atoms with Gasteiger partial charge in [0.25, 0.3) is 0 Å². The molecule has 0 radical (unpaired) electrons. The minimum absolute atomic E-state index is 0.542. The van der Waals surface area contributed by atoms with Gasteiger partial charge in [-0.1, -0.05) is 97.1 Å². The van der Waals surface area contributed by atoms with E-state index in [0.29, 0.717) is 13.2 Å². The molecule has 0 aliphatic rings. The van der Waals surface area contributed by atoms with Crippen LogP contribution in [0.5, 0.6) is 11.5 Å². The van der Waals surface area contributed by atoms with Crippen molar-refractivity contribution >= 4 is 31.9 Å². The van der Waals surface area contributed by atoms with Crippen LogP contribution in [0, 0.1) is 0 Å². The highest BCUT2D eigenvalue weighted by Gasteiger charge is 2.09. The number of halogens is 2. The molecule has 0 aliphatic carbocycles. The molecule has 0 bridgehead atoms. The zero-order valence-corrected chi connectivity index (χ0v) is 22.0. The van der Waals surface area contributed by atoms with Crippen LogP contribution in [0.4, 0.5) is 0 Å². The fourth-order valence-corrected chi connectivity index (χ4v) is 4.68. The van der Waals surface area contributed by atoms with Gasteiger partial charge in [0.05, 0.1) is 8.95 Å². The van der Waals surface area contributed by atoms with E-state index in [2.05, 4.69) is 80.4 Å². The summed E-state index contributed by atoms with van der Waals surface area (Å²) < 4.78 is 14.3. The lowest BCUT2D eigenvalue weighted by molar-refractivity contribution is 0.301. The molecule has 2 nitrogen and oxygen atoms in total. The Bertz CT molecular complexity index is 1120. The SMILES string of the molecule is Brc1cccc(C/C=C/Cc2cccc(Br)c2OCc2ccccc2)c1OCc1ccccc1. The predicted octanol–water partition coefficient (Wildman–Crippen LogP) is 8.71. The lowest BCUT2D eigenvalue weighted by atomic mass is 10.1. The first kappa shape index (κ1) is 24.3. The van der Waals surface area contributed by atoms with Gasteiger partial charge in [0.2, 0.25) is 0 Å². The average molecular weight is 578 g/mol. The highest BCUT2D eigenvalue weighted by Crippen LogP contribution is 2.32. The van der Waals surface area contributed by atoms with Gasteiger partial charge < -0.3 is 9.47 Å². The van der Waals surface area contributed by atoms with Crippen molar-refractivity contribution in [2.45, 2.75) is 26.1 Å². The zero-order chi connectivity index (χ0) is 23.6. The lowest BCUT2D eigenvalue weighted by Gasteiger charge is -2.13. The van der Waals surface area contributed by atoms with Crippen molar-refractivity contribution in [3.63, 3.8) is 0 Å². The Morgan fingerprint density at radius 2 is 0.912 bits per heavy atom. The van der Waals surface area contributed by atoms with E-state index in [1.54, 1.807) is 0 Å². The van der Waals surface area contributed by atoms with Gasteiger partial charge in [-0.3, -0.25) is 0 Å². The van der Waals surface area contributed by atoms with Gasteiger partial charge >= 0.3 is 0 Å². The second-order valence-corrected chi connectivity index (χ2v) is 9.59. The minimum Gasteiger partial charge on any atom is -0.487 e. The quantitative estimate of drug-likeness (QED) is 0.175. The Morgan fingerprint density at radius 3 is 1.32 bits per heavy atom. The van der Waals surface area contributed by atoms with Gasteiger partial charge in [0.1, 0.15) is 24.7 Å². The lowest BCUT2D eigenvalue weighted by Crippen LogP contribution is -2.00. The van der Waals surface area contributed by atoms with Crippen LogP contribution in [-0.2, 0) is 26.1 Å². The molecule has 0 amide bonds. The third-order valence-electron chi connectivity index (χ3n) is 5.39. The fourth-order valence-electron chi connectivity index (χ4n) is 3.63. The molecule has 0 fully saturated rings. The summed E-state index contributed by atoms with van der Waals surface area (Å²) in [5.74, 6) is 1.79. The van der Waals surface area contributed by atoms with Gasteiger partial charge in [0, 0.05) is 0 Å². The molecular formula is C30H26Br2O2. The standard InChI is InChI=1S/C30H26Br2O2/c31-27-19-9-17-25(29(27)33-21-23-11-3-1-4-12-23)15-7-8-16-26-18-10-20-28(32)30(26)34-22-24-13-5-2-6-14-24/h1-14,17-20H,15-16,21-22H2/b8-7+. The number of allylic oxidation sites excluding steroid dienone is 2. The Labute approximate surface area is 218 Å². The van der Waals surface area contributed by atoms with Crippen molar-refractivity contribution in [2.24, 2.45) is 0 Å². The summed E-state index contributed by atoms with van der Waals surface area (Å²) in [5, 5.41) is 0. The number of ether oxygens (including phenoxy) is 2. The normalized spacial score (nSPS) is 11.0. The topological polar surface area (TPSA) is 18.5 Å². The molecule has 172 valence electrons. The maximum Gasteiger partial charge on any atom is 0.137 e. The molecule has 0 N–H and O–H groups in total. The van der Waals surface area contributed by atoms with Crippen LogP contribution in [0.25, 0.3) is 0 Å². The summed E-state index contributed by atoms with van der Waals surface area (Å²) in [5.41, 5.74) is 4.60. The zero-order valence-electron chi connectivity index (χ0n) is 18.8. The van der Waals surface area contributed by atoms with Crippen LogP contribution < -0.4 is 9.47 Å². The number of hydrogen-bond acceptors (Lipinski definition) is 2. The molecule has 4 aromatic carbocycles. The number of benzene rings is 4. The predicted molar refractivity (Wildman–Crippen MR) is 146 cm³/mol. The maximum atomic E-state index is 6.17. The summed E-state index contributed by atoms with van der Waals surface area (Å²) in [6.07, 6.45) is 5.97. The molecule has 0 heterocycles. The van der Waals surface area contributed by atoms with Crippen LogP contribution in [-0.4, -0.2) is 0 Å². The fraction of sp³-hybridized carbons (Fsp3) is 0.133. The van der Waals surface area contributed by atoms with Crippen molar-refractivity contribution < 1.29 is 9.47 Å². The molecule has 0 aromatic heterocycles. The molecular weight excluding hydrogens is 552 g/mol. The maximum absolute atomic E-state index is 6.17. The smallest absolute Gasteiger partial charge is 0.137 e. The van der Waals surface area contributed by atoms with Crippen molar-refractivity contribution in [3.05, 3.63) is 140 Å². The molecule has 0 spiro atoms. The Balaban J connectivity index is 1.40. The summed E-state index contributed by atoms with van der Waals surface area (Å²) in [7, 11) is 0. The van der Waals surface area contributed by atoms with Crippen LogP contribution >= 0.6 is 31.9 Å². The van der Waals surface area contributed by atoms with Gasteiger partial charge in [-0.15, -0.1) is 0 Å². The van der Waals surface area contributed by atoms with Crippen LogP contribution in [0.15, 0.2) is 118 Å². The highest BCUT2D eigenvalue weighted by atomic mass is 79.9. The third-order valence-corrected chi connectivity index (χ3v) is 6.64. The van der Waals surface area contributed by atoms with Crippen molar-refractivity contribution in [3.8, 4) is 11.5 Å². The van der Waals surface area contributed by atoms with Gasteiger partial charge in [-0.05, 0) is 79.1 Å². The number of hydrogen-bond donors (Lipinski definition) is 0. The molecule has 4 rings (SSSR count). The molecule has 34 heavy (non-hydrogen) atoms. The van der Waals surface area contributed by atoms with Gasteiger partial charge in [-0.2, -0.15) is 0 Å². The molecule has 4 aromatic rings. The first-order valence-corrected chi connectivity index (χ1v) is 12.8. The molecule has 4 heteroatoms. The molecule has 0 saturated carbocycles. The van der Waals surface area contributed by atoms with Crippen molar-refractivity contribution in [1.82, 2.24) is 0 Å². The van der Waals surface area contributed by atoms with Crippen molar-refractivity contribution in [2.75, 3.05) is 0 Å². The van der Waals surface area contributed by atoms with Crippen LogP contribution in [0.1, 0.15) is 22.3 Å². The Morgan fingerprint density at radius 1 is 0.500 bits per heavy atom. The molecule has 0 atom stereocenters. The average Bonchev–Trinajstić information content (AvgIpc) is 2.87. The van der Waals surface area contributed by atoms with E-state index in [9.17, 15) is 0 Å². The van der Waals surface area contributed by atoms with E-state index in [1.807, 2.05) is 60.7 Å². The van der Waals surface area contributed by atoms with Gasteiger partial charge in [-0.25, -0.2) is 0 Å². The highest BCUT2D eigenvalue weighted by molar-refractivity contribution is 9.10. The summed E-state index contributed by atoms with van der Waals surface area (Å²) in [6, 6.07) is 32.8. The van der Waals surface area contributed by atoms with E-state index >= 15 is 0 Å². The first-order chi connectivity index (χ1) is 16.7.